The van der Waals surface area contributed by atoms with Crippen LogP contribution in [0.4, 0.5) is 4.39 Å². The van der Waals surface area contributed by atoms with Crippen molar-refractivity contribution in [1.29, 1.82) is 0 Å². The maximum Gasteiger partial charge on any atom is 0.254 e. The van der Waals surface area contributed by atoms with E-state index in [1.54, 1.807) is 6.07 Å². The van der Waals surface area contributed by atoms with Gasteiger partial charge in [0.1, 0.15) is 11.6 Å². The highest BCUT2D eigenvalue weighted by Crippen LogP contribution is 2.19. The summed E-state index contributed by atoms with van der Waals surface area (Å²) in [6, 6.07) is 4.27. The van der Waals surface area contributed by atoms with E-state index in [1.807, 2.05) is 0 Å². The molecule has 1 saturated heterocycles. The molecule has 0 aromatic heterocycles. The predicted molar refractivity (Wildman–Crippen MR) is 75.4 cm³/mol. The minimum atomic E-state index is -0.555. The van der Waals surface area contributed by atoms with E-state index < -0.39 is 5.82 Å². The Balaban J connectivity index is 1.94. The highest BCUT2D eigenvalue weighted by atomic mass is 19.1. The van der Waals surface area contributed by atoms with Crippen LogP contribution in [0.3, 0.4) is 0 Å². The van der Waals surface area contributed by atoms with Crippen molar-refractivity contribution in [3.05, 3.63) is 29.6 Å². The molecule has 1 heterocycles. The average molecular weight is 280 g/mol. The van der Waals surface area contributed by atoms with E-state index in [1.165, 1.54) is 19.2 Å². The lowest BCUT2D eigenvalue weighted by Crippen LogP contribution is -2.41. The Morgan fingerprint density at radius 3 is 3.00 bits per heavy atom. The normalized spacial score (nSPS) is 22.4. The van der Waals surface area contributed by atoms with Gasteiger partial charge in [-0.2, -0.15) is 0 Å². The van der Waals surface area contributed by atoms with Crippen LogP contribution in [0.2, 0.25) is 0 Å². The molecule has 20 heavy (non-hydrogen) atoms. The molecule has 2 unspecified atom stereocenters. The van der Waals surface area contributed by atoms with Crippen LogP contribution in [0.1, 0.15) is 23.7 Å². The van der Waals surface area contributed by atoms with Gasteiger partial charge in [0, 0.05) is 12.6 Å². The Bertz CT molecular complexity index is 479. The quantitative estimate of drug-likeness (QED) is 0.884. The van der Waals surface area contributed by atoms with Gasteiger partial charge in [-0.25, -0.2) is 4.39 Å². The van der Waals surface area contributed by atoms with Gasteiger partial charge in [0.15, 0.2) is 0 Å². The zero-order valence-corrected chi connectivity index (χ0v) is 11.9. The molecule has 4 nitrogen and oxygen atoms in total. The fourth-order valence-electron chi connectivity index (χ4n) is 2.50. The Morgan fingerprint density at radius 1 is 1.55 bits per heavy atom. The van der Waals surface area contributed by atoms with Crippen molar-refractivity contribution in [2.24, 2.45) is 11.8 Å². The molecule has 1 aromatic carbocycles. The van der Waals surface area contributed by atoms with Crippen molar-refractivity contribution < 1.29 is 13.9 Å². The Morgan fingerprint density at radius 2 is 2.35 bits per heavy atom. The monoisotopic (exact) mass is 280 g/mol. The van der Waals surface area contributed by atoms with Crippen LogP contribution < -0.4 is 15.4 Å². The number of hydrogen-bond acceptors (Lipinski definition) is 3. The molecule has 1 fully saturated rings. The lowest BCUT2D eigenvalue weighted by molar-refractivity contribution is 0.0934. The summed E-state index contributed by atoms with van der Waals surface area (Å²) in [7, 11) is 1.47. The van der Waals surface area contributed by atoms with Gasteiger partial charge < -0.3 is 15.4 Å². The minimum absolute atomic E-state index is 0.0624. The molecule has 2 atom stereocenters. The summed E-state index contributed by atoms with van der Waals surface area (Å²) in [6.07, 6.45) is 1.03. The second kappa shape index (κ2) is 6.70. The molecule has 2 rings (SSSR count). The summed E-state index contributed by atoms with van der Waals surface area (Å²) in [5, 5.41) is 6.15. The van der Waals surface area contributed by atoms with Crippen LogP contribution in [0.5, 0.6) is 5.75 Å². The van der Waals surface area contributed by atoms with Crippen molar-refractivity contribution in [2.45, 2.75) is 13.3 Å². The standard InChI is InChI=1S/C15H21FN2O2/c1-10-8-17-6-5-11(10)9-18-15(19)13-4-3-12(20-2)7-14(13)16/h3-4,7,10-11,17H,5-6,8-9H2,1-2H3,(H,18,19). The number of benzene rings is 1. The molecule has 110 valence electrons. The number of ether oxygens (including phenoxy) is 1. The summed E-state index contributed by atoms with van der Waals surface area (Å²) in [5.74, 6) is 0.452. The van der Waals surface area contributed by atoms with Crippen molar-refractivity contribution in [2.75, 3.05) is 26.7 Å². The van der Waals surface area contributed by atoms with E-state index in [4.69, 9.17) is 4.74 Å². The van der Waals surface area contributed by atoms with Crippen LogP contribution in [0.15, 0.2) is 18.2 Å². The van der Waals surface area contributed by atoms with Crippen LogP contribution >= 0.6 is 0 Å². The van der Waals surface area contributed by atoms with Gasteiger partial charge in [-0.15, -0.1) is 0 Å². The topological polar surface area (TPSA) is 50.4 Å². The van der Waals surface area contributed by atoms with Gasteiger partial charge in [0.2, 0.25) is 0 Å². The maximum atomic E-state index is 13.8. The number of carbonyl (C=O) groups is 1. The molecule has 1 aromatic rings. The third-order valence-electron chi connectivity index (χ3n) is 3.91. The van der Waals surface area contributed by atoms with E-state index in [2.05, 4.69) is 17.6 Å². The number of halogens is 1. The van der Waals surface area contributed by atoms with Crippen molar-refractivity contribution in [3.8, 4) is 5.75 Å². The number of amides is 1. The molecule has 0 spiro atoms. The van der Waals surface area contributed by atoms with E-state index in [-0.39, 0.29) is 11.5 Å². The molecular weight excluding hydrogens is 259 g/mol. The summed E-state index contributed by atoms with van der Waals surface area (Å²) >= 11 is 0. The van der Waals surface area contributed by atoms with Gasteiger partial charge in [0.25, 0.3) is 5.91 Å². The number of rotatable bonds is 4. The molecule has 1 aliphatic heterocycles. The maximum absolute atomic E-state index is 13.8. The molecule has 0 aliphatic carbocycles. The second-order valence-corrected chi connectivity index (χ2v) is 5.29. The van der Waals surface area contributed by atoms with Crippen molar-refractivity contribution >= 4 is 5.91 Å². The van der Waals surface area contributed by atoms with Crippen LogP contribution in [0, 0.1) is 17.7 Å². The lowest BCUT2D eigenvalue weighted by Gasteiger charge is -2.29. The van der Waals surface area contributed by atoms with Gasteiger partial charge in [-0.3, -0.25) is 4.79 Å². The highest BCUT2D eigenvalue weighted by Gasteiger charge is 2.22. The lowest BCUT2D eigenvalue weighted by atomic mass is 9.88. The number of piperidine rings is 1. The number of carbonyl (C=O) groups excluding carboxylic acids is 1. The largest absolute Gasteiger partial charge is 0.497 e. The van der Waals surface area contributed by atoms with Crippen molar-refractivity contribution in [1.82, 2.24) is 10.6 Å². The van der Waals surface area contributed by atoms with Crippen LogP contribution in [0.25, 0.3) is 0 Å². The first-order valence-electron chi connectivity index (χ1n) is 6.94. The molecule has 1 aliphatic rings. The second-order valence-electron chi connectivity index (χ2n) is 5.29. The number of methoxy groups -OCH3 is 1. The van der Waals surface area contributed by atoms with Gasteiger partial charge in [0.05, 0.1) is 12.7 Å². The third kappa shape index (κ3) is 3.48. The number of hydrogen-bond donors (Lipinski definition) is 2. The first kappa shape index (κ1) is 14.8. The van der Waals surface area contributed by atoms with E-state index in [0.717, 1.165) is 19.5 Å². The summed E-state index contributed by atoms with van der Waals surface area (Å²) < 4.78 is 18.7. The highest BCUT2D eigenvalue weighted by molar-refractivity contribution is 5.94. The molecular formula is C15H21FN2O2. The number of nitrogens with one attached hydrogen (secondary N) is 2. The molecule has 5 heteroatoms. The predicted octanol–water partition coefficient (Wildman–Crippen LogP) is 1.81. The first-order valence-corrected chi connectivity index (χ1v) is 6.94. The zero-order valence-electron chi connectivity index (χ0n) is 11.9. The van der Waals surface area contributed by atoms with Gasteiger partial charge in [-0.1, -0.05) is 6.92 Å². The first-order chi connectivity index (χ1) is 9.61. The minimum Gasteiger partial charge on any atom is -0.497 e. The van der Waals surface area contributed by atoms with E-state index >= 15 is 0 Å². The summed E-state index contributed by atoms with van der Waals surface area (Å²) in [6.45, 7) is 4.70. The van der Waals surface area contributed by atoms with Gasteiger partial charge >= 0.3 is 0 Å². The Labute approximate surface area is 118 Å². The Kier molecular flexibility index (Phi) is 4.95. The smallest absolute Gasteiger partial charge is 0.254 e. The average Bonchev–Trinajstić information content (AvgIpc) is 2.46. The third-order valence-corrected chi connectivity index (χ3v) is 3.91. The van der Waals surface area contributed by atoms with E-state index in [0.29, 0.717) is 24.1 Å². The molecule has 0 saturated carbocycles. The SMILES string of the molecule is COc1ccc(C(=O)NCC2CCNCC2C)c(F)c1. The van der Waals surface area contributed by atoms with Gasteiger partial charge in [-0.05, 0) is 43.5 Å². The summed E-state index contributed by atoms with van der Waals surface area (Å²) in [4.78, 5) is 12.0. The Hall–Kier alpha value is -1.62. The van der Waals surface area contributed by atoms with E-state index in [9.17, 15) is 9.18 Å². The van der Waals surface area contributed by atoms with Crippen LogP contribution in [-0.2, 0) is 0 Å². The summed E-state index contributed by atoms with van der Waals surface area (Å²) in [5.41, 5.74) is 0.0624. The molecule has 0 radical (unpaired) electrons. The van der Waals surface area contributed by atoms with Crippen molar-refractivity contribution in [3.63, 3.8) is 0 Å². The molecule has 1 amide bonds. The fourth-order valence-corrected chi connectivity index (χ4v) is 2.50. The molecule has 0 bridgehead atoms. The molecule has 2 N–H and O–H groups in total. The van der Waals surface area contributed by atoms with Crippen LogP contribution in [-0.4, -0.2) is 32.7 Å². The zero-order chi connectivity index (χ0) is 14.5. The fraction of sp³-hybridized carbons (Fsp3) is 0.533.